The summed E-state index contributed by atoms with van der Waals surface area (Å²) in [6, 6.07) is 5.79. The van der Waals surface area contributed by atoms with Crippen LogP contribution in [0.5, 0.6) is 5.75 Å². The molecule has 0 unspecified atom stereocenters. The van der Waals surface area contributed by atoms with Crippen LogP contribution in [0.4, 0.5) is 4.39 Å². The Morgan fingerprint density at radius 2 is 2.17 bits per heavy atom. The molecule has 0 fully saturated rings. The summed E-state index contributed by atoms with van der Waals surface area (Å²) in [5.74, 6) is 0.0879. The molecule has 18 heavy (non-hydrogen) atoms. The summed E-state index contributed by atoms with van der Waals surface area (Å²) >= 11 is 0. The Labute approximate surface area is 103 Å². The molecule has 94 valence electrons. The Hall–Kier alpha value is -2.17. The van der Waals surface area contributed by atoms with Crippen LogP contribution in [0.1, 0.15) is 12.6 Å². The molecule has 0 bridgehead atoms. The quantitative estimate of drug-likeness (QED) is 0.905. The molecule has 0 aliphatic rings. The Bertz CT molecular complexity index is 623. The minimum Gasteiger partial charge on any atom is -0.494 e. The number of ether oxygens (including phenoxy) is 1. The zero-order valence-electron chi connectivity index (χ0n) is 10.2. The Balaban J connectivity index is 2.54. The van der Waals surface area contributed by atoms with Crippen molar-refractivity contribution >= 4 is 0 Å². The van der Waals surface area contributed by atoms with Crippen molar-refractivity contribution in [1.82, 2.24) is 9.97 Å². The van der Waals surface area contributed by atoms with Crippen molar-refractivity contribution in [3.05, 3.63) is 46.1 Å². The summed E-state index contributed by atoms with van der Waals surface area (Å²) in [7, 11) is 1.39. The molecule has 0 amide bonds. The molecule has 0 saturated heterocycles. The summed E-state index contributed by atoms with van der Waals surface area (Å²) in [5, 5.41) is 0. The van der Waals surface area contributed by atoms with Crippen LogP contribution in [0, 0.1) is 5.82 Å². The van der Waals surface area contributed by atoms with Crippen LogP contribution in [0.3, 0.4) is 0 Å². The molecule has 2 rings (SSSR count). The van der Waals surface area contributed by atoms with Gasteiger partial charge in [0.15, 0.2) is 11.6 Å². The number of aromatic nitrogens is 2. The minimum absolute atomic E-state index is 0.122. The number of H-pyrrole nitrogens is 1. The maximum Gasteiger partial charge on any atom is 0.251 e. The number of nitrogens with zero attached hydrogens (tertiary/aromatic N) is 1. The van der Waals surface area contributed by atoms with Gasteiger partial charge in [0.2, 0.25) is 0 Å². The number of aromatic amines is 1. The number of hydrogen-bond acceptors (Lipinski definition) is 3. The van der Waals surface area contributed by atoms with Gasteiger partial charge >= 0.3 is 0 Å². The van der Waals surface area contributed by atoms with E-state index in [1.54, 1.807) is 6.07 Å². The van der Waals surface area contributed by atoms with Gasteiger partial charge in [-0.2, -0.15) is 0 Å². The van der Waals surface area contributed by atoms with Gasteiger partial charge in [-0.3, -0.25) is 4.79 Å². The molecule has 5 heteroatoms. The van der Waals surface area contributed by atoms with Crippen molar-refractivity contribution < 1.29 is 9.13 Å². The first-order chi connectivity index (χ1) is 8.63. The van der Waals surface area contributed by atoms with Gasteiger partial charge in [-0.05, 0) is 24.6 Å². The number of aryl methyl sites for hydroxylation is 1. The SMILES string of the molecule is CCc1cc(=O)[nH]c(-c2ccc(F)c(OC)c2)n1. The monoisotopic (exact) mass is 248 g/mol. The second kappa shape index (κ2) is 5.00. The van der Waals surface area contributed by atoms with E-state index in [0.29, 0.717) is 23.5 Å². The van der Waals surface area contributed by atoms with E-state index in [1.807, 2.05) is 6.92 Å². The molecule has 0 saturated carbocycles. The molecular weight excluding hydrogens is 235 g/mol. The highest BCUT2D eigenvalue weighted by molar-refractivity contribution is 5.57. The molecule has 1 aromatic heterocycles. The molecule has 4 nitrogen and oxygen atoms in total. The van der Waals surface area contributed by atoms with Crippen molar-refractivity contribution in [3.8, 4) is 17.1 Å². The maximum absolute atomic E-state index is 13.3. The van der Waals surface area contributed by atoms with Crippen LogP contribution in [-0.2, 0) is 6.42 Å². The van der Waals surface area contributed by atoms with Crippen molar-refractivity contribution in [2.75, 3.05) is 7.11 Å². The number of hydrogen-bond donors (Lipinski definition) is 1. The van der Waals surface area contributed by atoms with E-state index in [9.17, 15) is 9.18 Å². The molecule has 0 aliphatic carbocycles. The van der Waals surface area contributed by atoms with Gasteiger partial charge in [0.25, 0.3) is 5.56 Å². The summed E-state index contributed by atoms with van der Waals surface area (Å²) in [4.78, 5) is 18.4. The topological polar surface area (TPSA) is 55.0 Å². The van der Waals surface area contributed by atoms with Crippen molar-refractivity contribution in [2.24, 2.45) is 0 Å². The third-order valence-electron chi connectivity index (χ3n) is 2.58. The van der Waals surface area contributed by atoms with E-state index in [2.05, 4.69) is 9.97 Å². The summed E-state index contributed by atoms with van der Waals surface area (Å²) < 4.78 is 18.2. The van der Waals surface area contributed by atoms with Crippen LogP contribution in [0.15, 0.2) is 29.1 Å². The van der Waals surface area contributed by atoms with Gasteiger partial charge in [-0.25, -0.2) is 9.37 Å². The second-order valence-corrected chi connectivity index (χ2v) is 3.79. The van der Waals surface area contributed by atoms with Gasteiger partial charge < -0.3 is 9.72 Å². The normalized spacial score (nSPS) is 10.4. The lowest BCUT2D eigenvalue weighted by Crippen LogP contribution is -2.10. The predicted molar refractivity (Wildman–Crippen MR) is 66.2 cm³/mol. The fourth-order valence-electron chi connectivity index (χ4n) is 1.63. The van der Waals surface area contributed by atoms with Gasteiger partial charge in [-0.15, -0.1) is 0 Å². The van der Waals surface area contributed by atoms with E-state index < -0.39 is 5.82 Å². The highest BCUT2D eigenvalue weighted by Crippen LogP contribution is 2.23. The van der Waals surface area contributed by atoms with Crippen LogP contribution in [0.25, 0.3) is 11.4 Å². The first-order valence-electron chi connectivity index (χ1n) is 5.58. The Morgan fingerprint density at radius 1 is 1.39 bits per heavy atom. The summed E-state index contributed by atoms with van der Waals surface area (Å²) in [6.45, 7) is 1.91. The number of methoxy groups -OCH3 is 1. The molecule has 1 heterocycles. The second-order valence-electron chi connectivity index (χ2n) is 3.79. The Morgan fingerprint density at radius 3 is 2.83 bits per heavy atom. The molecule has 0 aliphatic heterocycles. The summed E-state index contributed by atoms with van der Waals surface area (Å²) in [6.07, 6.45) is 0.662. The van der Waals surface area contributed by atoms with Gasteiger partial charge in [0.1, 0.15) is 5.82 Å². The van der Waals surface area contributed by atoms with E-state index in [0.717, 1.165) is 0 Å². The fraction of sp³-hybridized carbons (Fsp3) is 0.231. The molecule has 2 aromatic rings. The maximum atomic E-state index is 13.3. The van der Waals surface area contributed by atoms with E-state index >= 15 is 0 Å². The standard InChI is InChI=1S/C13H13FN2O2/c1-3-9-7-12(17)16-13(15-9)8-4-5-10(14)11(6-8)18-2/h4-7H,3H2,1-2H3,(H,15,16,17). The van der Waals surface area contributed by atoms with Crippen LogP contribution < -0.4 is 10.3 Å². The van der Waals surface area contributed by atoms with Crippen LogP contribution >= 0.6 is 0 Å². The van der Waals surface area contributed by atoms with Crippen molar-refractivity contribution in [1.29, 1.82) is 0 Å². The smallest absolute Gasteiger partial charge is 0.251 e. The van der Waals surface area contributed by atoms with Crippen LogP contribution in [-0.4, -0.2) is 17.1 Å². The summed E-state index contributed by atoms with van der Waals surface area (Å²) in [5.41, 5.74) is 1.08. The first kappa shape index (κ1) is 12.3. The largest absolute Gasteiger partial charge is 0.494 e. The molecule has 0 radical (unpaired) electrons. The van der Waals surface area contributed by atoms with Crippen molar-refractivity contribution in [3.63, 3.8) is 0 Å². The van der Waals surface area contributed by atoms with E-state index in [-0.39, 0.29) is 11.3 Å². The highest BCUT2D eigenvalue weighted by Gasteiger charge is 2.08. The number of halogens is 1. The zero-order chi connectivity index (χ0) is 13.1. The zero-order valence-corrected chi connectivity index (χ0v) is 10.2. The van der Waals surface area contributed by atoms with E-state index in [1.165, 1.54) is 25.3 Å². The highest BCUT2D eigenvalue weighted by atomic mass is 19.1. The molecule has 0 spiro atoms. The average molecular weight is 248 g/mol. The number of benzene rings is 1. The molecule has 1 aromatic carbocycles. The van der Waals surface area contributed by atoms with Gasteiger partial charge in [-0.1, -0.05) is 6.92 Å². The van der Waals surface area contributed by atoms with Gasteiger partial charge in [0, 0.05) is 17.3 Å². The number of nitrogens with one attached hydrogen (secondary N) is 1. The lowest BCUT2D eigenvalue weighted by Gasteiger charge is -2.06. The first-order valence-corrected chi connectivity index (χ1v) is 5.58. The Kier molecular flexibility index (Phi) is 3.41. The number of rotatable bonds is 3. The van der Waals surface area contributed by atoms with Crippen LogP contribution in [0.2, 0.25) is 0 Å². The van der Waals surface area contributed by atoms with Gasteiger partial charge in [0.05, 0.1) is 7.11 Å². The molecule has 0 atom stereocenters. The lowest BCUT2D eigenvalue weighted by molar-refractivity contribution is 0.386. The molecule has 1 N–H and O–H groups in total. The van der Waals surface area contributed by atoms with Crippen molar-refractivity contribution in [2.45, 2.75) is 13.3 Å². The van der Waals surface area contributed by atoms with E-state index in [4.69, 9.17) is 4.74 Å². The third kappa shape index (κ3) is 2.40. The fourth-order valence-corrected chi connectivity index (χ4v) is 1.63. The average Bonchev–Trinajstić information content (AvgIpc) is 2.38. The molecular formula is C13H13FN2O2. The third-order valence-corrected chi connectivity index (χ3v) is 2.58. The minimum atomic E-state index is -0.449. The lowest BCUT2D eigenvalue weighted by atomic mass is 10.2. The predicted octanol–water partition coefficient (Wildman–Crippen LogP) is 2.15.